The third kappa shape index (κ3) is 2.25. The number of amides is 1. The molecule has 1 rings (SSSR count). The highest BCUT2D eigenvalue weighted by molar-refractivity contribution is 6.19. The van der Waals surface area contributed by atoms with Gasteiger partial charge in [-0.25, -0.2) is 0 Å². The summed E-state index contributed by atoms with van der Waals surface area (Å²) in [5.74, 6) is 0.656. The van der Waals surface area contributed by atoms with Crippen LogP contribution in [0.1, 0.15) is 20.3 Å². The Morgan fingerprint density at radius 1 is 1.69 bits per heavy atom. The molecule has 0 atom stereocenters. The summed E-state index contributed by atoms with van der Waals surface area (Å²) >= 11 is 5.61. The summed E-state index contributed by atoms with van der Waals surface area (Å²) in [6.45, 7) is 9.21. The second-order valence-electron chi connectivity index (χ2n) is 4.24. The second-order valence-corrected chi connectivity index (χ2v) is 4.51. The van der Waals surface area contributed by atoms with Gasteiger partial charge in [-0.15, -0.1) is 11.6 Å². The van der Waals surface area contributed by atoms with Gasteiger partial charge in [0.15, 0.2) is 0 Å². The molecule has 0 unspecified atom stereocenters. The molecule has 0 aromatic carbocycles. The Morgan fingerprint density at radius 2 is 2.31 bits per heavy atom. The molecule has 0 radical (unpaired) electrons. The lowest BCUT2D eigenvalue weighted by Crippen LogP contribution is -2.32. The SMILES string of the molecule is C=C(CCl)CN1CCC(C)(C)C1=O. The molecule has 1 fully saturated rings. The standard InChI is InChI=1S/C10H16ClNO/c1-8(6-11)7-12-5-4-10(2,3)9(12)13/h1,4-7H2,2-3H3. The molecule has 0 aromatic rings. The highest BCUT2D eigenvalue weighted by atomic mass is 35.5. The Kier molecular flexibility index (Phi) is 3.01. The van der Waals surface area contributed by atoms with Crippen LogP contribution in [0.3, 0.4) is 0 Å². The first-order valence-electron chi connectivity index (χ1n) is 4.49. The van der Waals surface area contributed by atoms with Crippen molar-refractivity contribution in [2.45, 2.75) is 20.3 Å². The molecule has 1 saturated heterocycles. The van der Waals surface area contributed by atoms with Crippen molar-refractivity contribution in [1.29, 1.82) is 0 Å². The number of alkyl halides is 1. The van der Waals surface area contributed by atoms with E-state index in [1.165, 1.54) is 0 Å². The van der Waals surface area contributed by atoms with E-state index < -0.39 is 0 Å². The van der Waals surface area contributed by atoms with Crippen LogP contribution in [0.2, 0.25) is 0 Å². The van der Waals surface area contributed by atoms with Crippen molar-refractivity contribution in [3.63, 3.8) is 0 Å². The molecule has 2 nitrogen and oxygen atoms in total. The van der Waals surface area contributed by atoms with Crippen LogP contribution in [-0.4, -0.2) is 29.8 Å². The van der Waals surface area contributed by atoms with Gasteiger partial charge in [0.1, 0.15) is 0 Å². The fraction of sp³-hybridized carbons (Fsp3) is 0.700. The normalized spacial score (nSPS) is 20.8. The van der Waals surface area contributed by atoms with E-state index in [4.69, 9.17) is 11.6 Å². The highest BCUT2D eigenvalue weighted by Crippen LogP contribution is 2.30. The lowest BCUT2D eigenvalue weighted by molar-refractivity contribution is -0.134. The van der Waals surface area contributed by atoms with Crippen molar-refractivity contribution in [1.82, 2.24) is 4.90 Å². The van der Waals surface area contributed by atoms with Gasteiger partial charge in [-0.2, -0.15) is 0 Å². The molecule has 13 heavy (non-hydrogen) atoms. The predicted molar refractivity (Wildman–Crippen MR) is 54.8 cm³/mol. The van der Waals surface area contributed by atoms with Gasteiger partial charge in [-0.1, -0.05) is 20.4 Å². The van der Waals surface area contributed by atoms with Gasteiger partial charge in [0.05, 0.1) is 0 Å². The lowest BCUT2D eigenvalue weighted by Gasteiger charge is -2.19. The summed E-state index contributed by atoms with van der Waals surface area (Å²) in [6, 6.07) is 0. The van der Waals surface area contributed by atoms with Gasteiger partial charge in [0.25, 0.3) is 0 Å². The molecule has 1 aliphatic heterocycles. The van der Waals surface area contributed by atoms with Gasteiger partial charge in [0.2, 0.25) is 5.91 Å². The fourth-order valence-corrected chi connectivity index (χ4v) is 1.60. The number of likely N-dealkylation sites (tertiary alicyclic amines) is 1. The van der Waals surface area contributed by atoms with Crippen LogP contribution in [-0.2, 0) is 4.79 Å². The molecule has 0 saturated carbocycles. The molecule has 1 heterocycles. The zero-order valence-corrected chi connectivity index (χ0v) is 9.02. The number of carbonyl (C=O) groups excluding carboxylic acids is 1. The van der Waals surface area contributed by atoms with Gasteiger partial charge >= 0.3 is 0 Å². The Bertz CT molecular complexity index is 235. The minimum atomic E-state index is -0.188. The lowest BCUT2D eigenvalue weighted by atomic mass is 9.92. The minimum absolute atomic E-state index is 0.188. The quantitative estimate of drug-likeness (QED) is 0.506. The monoisotopic (exact) mass is 201 g/mol. The van der Waals surface area contributed by atoms with Crippen molar-refractivity contribution in [3.05, 3.63) is 12.2 Å². The average molecular weight is 202 g/mol. The van der Waals surface area contributed by atoms with Crippen LogP contribution in [0.5, 0.6) is 0 Å². The number of halogens is 1. The first kappa shape index (κ1) is 10.6. The third-order valence-electron chi connectivity index (χ3n) is 2.48. The Hall–Kier alpha value is -0.500. The maximum Gasteiger partial charge on any atom is 0.228 e. The van der Waals surface area contributed by atoms with Gasteiger partial charge < -0.3 is 4.90 Å². The largest absolute Gasteiger partial charge is 0.338 e. The molecular formula is C10H16ClNO. The van der Waals surface area contributed by atoms with Crippen LogP contribution in [0.4, 0.5) is 0 Å². The maximum absolute atomic E-state index is 11.7. The van der Waals surface area contributed by atoms with Crippen LogP contribution in [0, 0.1) is 5.41 Å². The number of rotatable bonds is 3. The molecule has 0 aromatic heterocycles. The number of hydrogen-bond acceptors (Lipinski definition) is 1. The van der Waals surface area contributed by atoms with E-state index in [9.17, 15) is 4.79 Å². The van der Waals surface area contributed by atoms with Crippen molar-refractivity contribution < 1.29 is 4.79 Å². The summed E-state index contributed by atoms with van der Waals surface area (Å²) < 4.78 is 0. The molecule has 0 bridgehead atoms. The summed E-state index contributed by atoms with van der Waals surface area (Å²) in [4.78, 5) is 13.6. The molecule has 0 N–H and O–H groups in total. The molecule has 0 aliphatic carbocycles. The molecule has 3 heteroatoms. The second kappa shape index (κ2) is 3.70. The number of carbonyl (C=O) groups is 1. The number of hydrogen-bond donors (Lipinski definition) is 0. The summed E-state index contributed by atoms with van der Waals surface area (Å²) in [5.41, 5.74) is 0.722. The third-order valence-corrected chi connectivity index (χ3v) is 2.85. The summed E-state index contributed by atoms with van der Waals surface area (Å²) in [5, 5.41) is 0. The van der Waals surface area contributed by atoms with Crippen molar-refractivity contribution in [2.75, 3.05) is 19.0 Å². The van der Waals surface area contributed by atoms with E-state index in [1.54, 1.807) is 0 Å². The number of nitrogens with zero attached hydrogens (tertiary/aromatic N) is 1. The van der Waals surface area contributed by atoms with E-state index in [1.807, 2.05) is 18.7 Å². The summed E-state index contributed by atoms with van der Waals surface area (Å²) in [6.07, 6.45) is 0.932. The van der Waals surface area contributed by atoms with Crippen LogP contribution in [0.15, 0.2) is 12.2 Å². The molecule has 1 amide bonds. The molecule has 74 valence electrons. The van der Waals surface area contributed by atoms with Crippen molar-refractivity contribution >= 4 is 17.5 Å². The van der Waals surface area contributed by atoms with E-state index in [-0.39, 0.29) is 11.3 Å². The zero-order chi connectivity index (χ0) is 10.1. The van der Waals surface area contributed by atoms with Crippen LogP contribution in [0.25, 0.3) is 0 Å². The highest BCUT2D eigenvalue weighted by Gasteiger charge is 2.38. The average Bonchev–Trinajstić information content (AvgIpc) is 2.32. The van der Waals surface area contributed by atoms with Crippen molar-refractivity contribution in [3.8, 4) is 0 Å². The van der Waals surface area contributed by atoms with Gasteiger partial charge in [-0.3, -0.25) is 4.79 Å². The maximum atomic E-state index is 11.7. The first-order valence-corrected chi connectivity index (χ1v) is 5.03. The van der Waals surface area contributed by atoms with Gasteiger partial charge in [-0.05, 0) is 12.0 Å². The fourth-order valence-electron chi connectivity index (χ4n) is 1.51. The van der Waals surface area contributed by atoms with E-state index >= 15 is 0 Å². The molecule has 0 spiro atoms. The van der Waals surface area contributed by atoms with Crippen LogP contribution < -0.4 is 0 Å². The first-order chi connectivity index (χ1) is 5.97. The van der Waals surface area contributed by atoms with Crippen molar-refractivity contribution in [2.24, 2.45) is 5.41 Å². The Morgan fingerprint density at radius 3 is 2.69 bits per heavy atom. The Labute approximate surface area is 84.6 Å². The van der Waals surface area contributed by atoms with Crippen LogP contribution >= 0.6 is 11.6 Å². The van der Waals surface area contributed by atoms with Gasteiger partial charge in [0, 0.05) is 24.4 Å². The van der Waals surface area contributed by atoms with E-state index in [0.29, 0.717) is 12.4 Å². The Balaban J connectivity index is 2.56. The molecular weight excluding hydrogens is 186 g/mol. The summed E-state index contributed by atoms with van der Waals surface area (Å²) in [7, 11) is 0. The van der Waals surface area contributed by atoms with E-state index in [0.717, 1.165) is 18.5 Å². The van der Waals surface area contributed by atoms with E-state index in [2.05, 4.69) is 6.58 Å². The zero-order valence-electron chi connectivity index (χ0n) is 8.27. The minimum Gasteiger partial charge on any atom is -0.338 e. The predicted octanol–water partition coefficient (Wildman–Crippen LogP) is 2.04. The topological polar surface area (TPSA) is 20.3 Å². The molecule has 1 aliphatic rings. The smallest absolute Gasteiger partial charge is 0.228 e.